The Hall–Kier alpha value is -1.03. The maximum absolute atomic E-state index is 10.1. The third-order valence-corrected chi connectivity index (χ3v) is 2.72. The summed E-state index contributed by atoms with van der Waals surface area (Å²) in [5.41, 5.74) is 1.24. The highest BCUT2D eigenvalue weighted by molar-refractivity contribution is 7.99. The van der Waals surface area contributed by atoms with Gasteiger partial charge in [-0.3, -0.25) is 4.98 Å². The first-order chi connectivity index (χ1) is 6.79. The molecule has 0 fully saturated rings. The van der Waals surface area contributed by atoms with Crippen LogP contribution in [0.1, 0.15) is 12.0 Å². The van der Waals surface area contributed by atoms with Gasteiger partial charge in [-0.2, -0.15) is 11.8 Å². The maximum Gasteiger partial charge on any atom is 0.0422 e. The topological polar surface area (TPSA) is 53.0 Å². The van der Waals surface area contributed by atoms with Gasteiger partial charge >= 0.3 is 0 Å². The normalized spacial score (nSPS) is 10.0. The highest BCUT2D eigenvalue weighted by Gasteiger charge is 1.93. The lowest BCUT2D eigenvalue weighted by atomic mass is 10.2. The average molecular weight is 210 g/mol. The summed E-state index contributed by atoms with van der Waals surface area (Å²) in [6.45, 7) is 0. The minimum absolute atomic E-state index is 0.140. The maximum atomic E-state index is 10.1. The number of pyridine rings is 1. The molecule has 0 bridgehead atoms. The molecule has 0 atom stereocenters. The molecule has 0 spiro atoms. The fraction of sp³-hybridized carbons (Fsp3) is 0.400. The predicted molar refractivity (Wildman–Crippen MR) is 54.9 cm³/mol. The van der Waals surface area contributed by atoms with Crippen LogP contribution in [-0.2, 0) is 11.2 Å². The standard InChI is InChI=1S/C10H13NO2S/c12-10(13)4-8-14-7-3-9-1-5-11-6-2-9/h1-2,5-6H,3-4,7-8H2,(H,12,13)/p-1. The summed E-state index contributed by atoms with van der Waals surface area (Å²) in [4.78, 5) is 14.0. The van der Waals surface area contributed by atoms with Crippen molar-refractivity contribution in [2.24, 2.45) is 0 Å². The van der Waals surface area contributed by atoms with Crippen LogP contribution < -0.4 is 5.11 Å². The SMILES string of the molecule is O=C([O-])CCSCCc1ccncc1. The Morgan fingerprint density at radius 2 is 2.07 bits per heavy atom. The number of thioether (sulfide) groups is 1. The number of carboxylic acids is 1. The van der Waals surface area contributed by atoms with Gasteiger partial charge < -0.3 is 9.90 Å². The second kappa shape index (κ2) is 6.43. The Bertz CT molecular complexity index is 277. The third kappa shape index (κ3) is 4.87. The van der Waals surface area contributed by atoms with Crippen LogP contribution in [0.2, 0.25) is 0 Å². The van der Waals surface area contributed by atoms with Crippen molar-refractivity contribution in [1.82, 2.24) is 4.98 Å². The predicted octanol–water partition coefficient (Wildman–Crippen LogP) is 0.497. The number of aliphatic carboxylic acids is 1. The van der Waals surface area contributed by atoms with E-state index in [4.69, 9.17) is 0 Å². The molecule has 0 amide bonds. The van der Waals surface area contributed by atoms with E-state index in [0.29, 0.717) is 5.75 Å². The van der Waals surface area contributed by atoms with Crippen molar-refractivity contribution in [1.29, 1.82) is 0 Å². The largest absolute Gasteiger partial charge is 0.550 e. The number of hydrogen-bond donors (Lipinski definition) is 0. The van der Waals surface area contributed by atoms with Crippen molar-refractivity contribution in [3.8, 4) is 0 Å². The van der Waals surface area contributed by atoms with Crippen molar-refractivity contribution in [3.05, 3.63) is 30.1 Å². The molecule has 1 rings (SSSR count). The first-order valence-corrected chi connectivity index (χ1v) is 5.61. The summed E-state index contributed by atoms with van der Waals surface area (Å²) in [5, 5.41) is 10.1. The fourth-order valence-electron chi connectivity index (χ4n) is 0.997. The zero-order valence-electron chi connectivity index (χ0n) is 7.81. The third-order valence-electron chi connectivity index (χ3n) is 1.73. The monoisotopic (exact) mass is 210 g/mol. The lowest BCUT2D eigenvalue weighted by Gasteiger charge is -2.02. The average Bonchev–Trinajstić information content (AvgIpc) is 2.18. The molecular weight excluding hydrogens is 198 g/mol. The number of carbonyl (C=O) groups excluding carboxylic acids is 1. The minimum Gasteiger partial charge on any atom is -0.550 e. The summed E-state index contributed by atoms with van der Waals surface area (Å²) in [6.07, 6.45) is 4.63. The first-order valence-electron chi connectivity index (χ1n) is 4.45. The quantitative estimate of drug-likeness (QED) is 0.641. The molecule has 0 aliphatic carbocycles. The van der Waals surface area contributed by atoms with E-state index in [1.165, 1.54) is 5.56 Å². The van der Waals surface area contributed by atoms with Crippen LogP contribution in [0.5, 0.6) is 0 Å². The van der Waals surface area contributed by atoms with E-state index in [1.54, 1.807) is 24.2 Å². The molecule has 76 valence electrons. The molecule has 0 N–H and O–H groups in total. The number of nitrogens with zero attached hydrogens (tertiary/aromatic N) is 1. The molecule has 0 saturated heterocycles. The molecule has 4 heteroatoms. The van der Waals surface area contributed by atoms with Crippen LogP contribution in [0.25, 0.3) is 0 Å². The summed E-state index contributed by atoms with van der Waals surface area (Å²) < 4.78 is 0. The van der Waals surface area contributed by atoms with Crippen LogP contribution in [-0.4, -0.2) is 22.5 Å². The van der Waals surface area contributed by atoms with Gasteiger partial charge in [-0.15, -0.1) is 0 Å². The van der Waals surface area contributed by atoms with Crippen LogP contribution in [0, 0.1) is 0 Å². The van der Waals surface area contributed by atoms with Crippen LogP contribution >= 0.6 is 11.8 Å². The molecule has 0 aromatic carbocycles. The zero-order valence-corrected chi connectivity index (χ0v) is 8.63. The van der Waals surface area contributed by atoms with Gasteiger partial charge in [-0.25, -0.2) is 0 Å². The lowest BCUT2D eigenvalue weighted by molar-refractivity contribution is -0.305. The van der Waals surface area contributed by atoms with E-state index in [9.17, 15) is 9.90 Å². The van der Waals surface area contributed by atoms with E-state index >= 15 is 0 Å². The molecule has 3 nitrogen and oxygen atoms in total. The second-order valence-corrected chi connectivity index (χ2v) is 4.06. The molecule has 0 unspecified atom stereocenters. The molecule has 0 aliphatic rings. The van der Waals surface area contributed by atoms with E-state index < -0.39 is 5.97 Å². The smallest absolute Gasteiger partial charge is 0.0422 e. The Kier molecular flexibility index (Phi) is 5.07. The number of aryl methyl sites for hydroxylation is 1. The van der Waals surface area contributed by atoms with Crippen molar-refractivity contribution in [2.75, 3.05) is 11.5 Å². The Labute approximate surface area is 87.6 Å². The van der Waals surface area contributed by atoms with Crippen molar-refractivity contribution in [3.63, 3.8) is 0 Å². The lowest BCUT2D eigenvalue weighted by Crippen LogP contribution is -2.22. The zero-order chi connectivity index (χ0) is 10.2. The van der Waals surface area contributed by atoms with Crippen molar-refractivity contribution < 1.29 is 9.90 Å². The van der Waals surface area contributed by atoms with E-state index in [1.807, 2.05) is 12.1 Å². The second-order valence-electron chi connectivity index (χ2n) is 2.84. The van der Waals surface area contributed by atoms with Gasteiger partial charge in [0.15, 0.2) is 0 Å². The Morgan fingerprint density at radius 3 is 2.71 bits per heavy atom. The molecule has 0 aliphatic heterocycles. The number of aromatic nitrogens is 1. The van der Waals surface area contributed by atoms with Gasteiger partial charge in [0.05, 0.1) is 0 Å². The van der Waals surface area contributed by atoms with Crippen molar-refractivity contribution in [2.45, 2.75) is 12.8 Å². The van der Waals surface area contributed by atoms with Gasteiger partial charge in [0.2, 0.25) is 0 Å². The number of rotatable bonds is 6. The van der Waals surface area contributed by atoms with Crippen molar-refractivity contribution >= 4 is 17.7 Å². The molecule has 14 heavy (non-hydrogen) atoms. The van der Waals surface area contributed by atoms with Gasteiger partial charge in [-0.05, 0) is 42.0 Å². The number of carboxylic acid groups (broad SMARTS) is 1. The van der Waals surface area contributed by atoms with E-state index in [-0.39, 0.29) is 6.42 Å². The fourth-order valence-corrected chi connectivity index (χ4v) is 1.89. The molecule has 1 heterocycles. The molecule has 0 saturated carbocycles. The van der Waals surface area contributed by atoms with E-state index in [0.717, 1.165) is 12.2 Å². The molecule has 0 radical (unpaired) electrons. The summed E-state index contributed by atoms with van der Waals surface area (Å²) in [7, 11) is 0. The molecule has 1 aromatic rings. The van der Waals surface area contributed by atoms with Crippen LogP contribution in [0.4, 0.5) is 0 Å². The van der Waals surface area contributed by atoms with Crippen LogP contribution in [0.15, 0.2) is 24.5 Å². The highest BCUT2D eigenvalue weighted by atomic mass is 32.2. The van der Waals surface area contributed by atoms with Gasteiger partial charge in [0.1, 0.15) is 0 Å². The summed E-state index contributed by atoms with van der Waals surface area (Å²) >= 11 is 1.64. The number of carbonyl (C=O) groups is 1. The Morgan fingerprint density at radius 1 is 1.36 bits per heavy atom. The Balaban J connectivity index is 2.08. The first kappa shape index (κ1) is 11.0. The van der Waals surface area contributed by atoms with Gasteiger partial charge in [0, 0.05) is 18.4 Å². The summed E-state index contributed by atoms with van der Waals surface area (Å²) in [5.74, 6) is 0.603. The minimum atomic E-state index is -0.971. The van der Waals surface area contributed by atoms with Crippen LogP contribution in [0.3, 0.4) is 0 Å². The summed E-state index contributed by atoms with van der Waals surface area (Å²) in [6, 6.07) is 3.94. The van der Waals surface area contributed by atoms with Gasteiger partial charge in [0.25, 0.3) is 0 Å². The van der Waals surface area contributed by atoms with E-state index in [2.05, 4.69) is 4.98 Å². The molecule has 1 aromatic heterocycles. The molecular formula is C10H12NO2S-. The number of hydrogen-bond acceptors (Lipinski definition) is 4. The highest BCUT2D eigenvalue weighted by Crippen LogP contribution is 2.06. The van der Waals surface area contributed by atoms with Gasteiger partial charge in [-0.1, -0.05) is 0 Å².